The van der Waals surface area contributed by atoms with Crippen LogP contribution >= 0.6 is 0 Å². The van der Waals surface area contributed by atoms with Gasteiger partial charge in [0.15, 0.2) is 11.5 Å². The van der Waals surface area contributed by atoms with Crippen molar-refractivity contribution in [1.29, 1.82) is 0 Å². The topological polar surface area (TPSA) is 60.0 Å². The Labute approximate surface area is 184 Å². The predicted molar refractivity (Wildman–Crippen MR) is 124 cm³/mol. The number of ether oxygens (including phenoxy) is 3. The van der Waals surface area contributed by atoms with Gasteiger partial charge in [0.2, 0.25) is 5.91 Å². The summed E-state index contributed by atoms with van der Waals surface area (Å²) in [6, 6.07) is 14.0. The SMILES string of the molecule is CCCOc1ccc(/C=C/C(=O)NCc2ccc(N3CCOCC3)cc2)cc1OCC. The molecule has 1 amide bonds. The third kappa shape index (κ3) is 7.03. The Balaban J connectivity index is 1.52. The minimum atomic E-state index is -0.137. The third-order valence-corrected chi connectivity index (χ3v) is 4.94. The van der Waals surface area contributed by atoms with E-state index in [1.807, 2.05) is 25.1 Å². The number of rotatable bonds is 10. The Kier molecular flexibility index (Phi) is 8.79. The summed E-state index contributed by atoms with van der Waals surface area (Å²) >= 11 is 0. The van der Waals surface area contributed by atoms with E-state index in [1.165, 1.54) is 5.69 Å². The Morgan fingerprint density at radius 3 is 2.55 bits per heavy atom. The van der Waals surface area contributed by atoms with Crippen LogP contribution in [0.25, 0.3) is 6.08 Å². The highest BCUT2D eigenvalue weighted by atomic mass is 16.5. The Bertz CT molecular complexity index is 858. The van der Waals surface area contributed by atoms with Crippen molar-refractivity contribution < 1.29 is 19.0 Å². The van der Waals surface area contributed by atoms with Crippen molar-refractivity contribution in [1.82, 2.24) is 5.32 Å². The monoisotopic (exact) mass is 424 g/mol. The van der Waals surface area contributed by atoms with E-state index in [1.54, 1.807) is 12.2 Å². The zero-order valence-corrected chi connectivity index (χ0v) is 18.4. The van der Waals surface area contributed by atoms with Crippen LogP contribution in [0.2, 0.25) is 0 Å². The number of hydrogen-bond acceptors (Lipinski definition) is 5. The summed E-state index contributed by atoms with van der Waals surface area (Å²) in [6.07, 6.45) is 4.26. The first-order chi connectivity index (χ1) is 15.2. The van der Waals surface area contributed by atoms with E-state index in [0.717, 1.165) is 49.6 Å². The van der Waals surface area contributed by atoms with Gasteiger partial charge in [-0.3, -0.25) is 4.79 Å². The summed E-state index contributed by atoms with van der Waals surface area (Å²) in [6.45, 7) is 9.05. The minimum absolute atomic E-state index is 0.137. The molecule has 1 N–H and O–H groups in total. The maximum atomic E-state index is 12.2. The van der Waals surface area contributed by atoms with Gasteiger partial charge >= 0.3 is 0 Å². The molecule has 1 saturated heterocycles. The van der Waals surface area contributed by atoms with Gasteiger partial charge in [-0.1, -0.05) is 25.1 Å². The van der Waals surface area contributed by atoms with Crippen molar-refractivity contribution in [3.8, 4) is 11.5 Å². The molecule has 3 rings (SSSR count). The average Bonchev–Trinajstić information content (AvgIpc) is 2.82. The first kappa shape index (κ1) is 22.7. The Morgan fingerprint density at radius 1 is 1.06 bits per heavy atom. The molecule has 1 heterocycles. The van der Waals surface area contributed by atoms with E-state index >= 15 is 0 Å². The minimum Gasteiger partial charge on any atom is -0.490 e. The van der Waals surface area contributed by atoms with Crippen molar-refractivity contribution in [2.24, 2.45) is 0 Å². The number of carbonyl (C=O) groups is 1. The van der Waals surface area contributed by atoms with E-state index < -0.39 is 0 Å². The van der Waals surface area contributed by atoms with Crippen molar-refractivity contribution in [3.63, 3.8) is 0 Å². The van der Waals surface area contributed by atoms with Crippen molar-refractivity contribution in [2.45, 2.75) is 26.8 Å². The molecule has 1 aliphatic heterocycles. The summed E-state index contributed by atoms with van der Waals surface area (Å²) in [7, 11) is 0. The van der Waals surface area contributed by atoms with E-state index in [0.29, 0.717) is 25.5 Å². The lowest BCUT2D eigenvalue weighted by molar-refractivity contribution is -0.116. The second kappa shape index (κ2) is 12.0. The summed E-state index contributed by atoms with van der Waals surface area (Å²) in [5.41, 5.74) is 3.14. The van der Waals surface area contributed by atoms with Gasteiger partial charge in [0, 0.05) is 31.4 Å². The molecule has 2 aromatic rings. The van der Waals surface area contributed by atoms with Crippen LogP contribution in [0.3, 0.4) is 0 Å². The smallest absolute Gasteiger partial charge is 0.244 e. The second-order valence-electron chi connectivity index (χ2n) is 7.30. The van der Waals surface area contributed by atoms with Crippen molar-refractivity contribution in [3.05, 3.63) is 59.7 Å². The molecule has 0 saturated carbocycles. The van der Waals surface area contributed by atoms with Crippen LogP contribution in [0.1, 0.15) is 31.4 Å². The van der Waals surface area contributed by atoms with Crippen LogP contribution < -0.4 is 19.7 Å². The molecular weight excluding hydrogens is 392 g/mol. The fourth-order valence-electron chi connectivity index (χ4n) is 3.29. The van der Waals surface area contributed by atoms with Gasteiger partial charge < -0.3 is 24.4 Å². The second-order valence-corrected chi connectivity index (χ2v) is 7.30. The molecule has 0 unspecified atom stereocenters. The van der Waals surface area contributed by atoms with Crippen LogP contribution in [0.4, 0.5) is 5.69 Å². The molecule has 6 heteroatoms. The van der Waals surface area contributed by atoms with Gasteiger partial charge in [-0.05, 0) is 54.8 Å². The highest BCUT2D eigenvalue weighted by Gasteiger charge is 2.11. The molecule has 0 bridgehead atoms. The summed E-state index contributed by atoms with van der Waals surface area (Å²) < 4.78 is 16.8. The van der Waals surface area contributed by atoms with Gasteiger partial charge in [-0.25, -0.2) is 0 Å². The molecule has 0 aliphatic carbocycles. The highest BCUT2D eigenvalue weighted by Crippen LogP contribution is 2.29. The zero-order chi connectivity index (χ0) is 21.9. The fraction of sp³-hybridized carbons (Fsp3) is 0.400. The lowest BCUT2D eigenvalue weighted by Gasteiger charge is -2.28. The normalized spacial score (nSPS) is 13.9. The Hall–Kier alpha value is -2.99. The van der Waals surface area contributed by atoms with Crippen LogP contribution in [0.15, 0.2) is 48.5 Å². The molecule has 31 heavy (non-hydrogen) atoms. The van der Waals surface area contributed by atoms with Crippen LogP contribution in [0.5, 0.6) is 11.5 Å². The molecule has 0 aromatic heterocycles. The first-order valence-electron chi connectivity index (χ1n) is 11.0. The maximum absolute atomic E-state index is 12.2. The quantitative estimate of drug-likeness (QED) is 0.584. The summed E-state index contributed by atoms with van der Waals surface area (Å²) in [4.78, 5) is 14.6. The van der Waals surface area contributed by atoms with Crippen molar-refractivity contribution in [2.75, 3.05) is 44.4 Å². The number of nitrogens with one attached hydrogen (secondary N) is 1. The standard InChI is InChI=1S/C25H32N2O4/c1-3-15-31-23-11-7-20(18-24(23)30-4-2)8-12-25(28)26-19-21-5-9-22(10-6-21)27-13-16-29-17-14-27/h5-12,18H,3-4,13-17,19H2,1-2H3,(H,26,28)/b12-8+. The molecule has 1 fully saturated rings. The van der Waals surface area contributed by atoms with Gasteiger partial charge in [0.1, 0.15) is 0 Å². The van der Waals surface area contributed by atoms with Gasteiger partial charge in [-0.2, -0.15) is 0 Å². The number of morpholine rings is 1. The summed E-state index contributed by atoms with van der Waals surface area (Å²) in [5.74, 6) is 1.28. The fourth-order valence-corrected chi connectivity index (χ4v) is 3.29. The number of nitrogens with zero attached hydrogens (tertiary/aromatic N) is 1. The zero-order valence-electron chi connectivity index (χ0n) is 18.4. The van der Waals surface area contributed by atoms with Crippen LogP contribution in [-0.4, -0.2) is 45.4 Å². The largest absolute Gasteiger partial charge is 0.490 e. The first-order valence-corrected chi connectivity index (χ1v) is 11.0. The molecule has 6 nitrogen and oxygen atoms in total. The number of carbonyl (C=O) groups excluding carboxylic acids is 1. The molecule has 166 valence electrons. The molecule has 2 aromatic carbocycles. The third-order valence-electron chi connectivity index (χ3n) is 4.94. The van der Waals surface area contributed by atoms with Crippen molar-refractivity contribution >= 4 is 17.7 Å². The lowest BCUT2D eigenvalue weighted by Crippen LogP contribution is -2.36. The van der Waals surface area contributed by atoms with Crippen LogP contribution in [0, 0.1) is 0 Å². The highest BCUT2D eigenvalue weighted by molar-refractivity contribution is 5.91. The van der Waals surface area contributed by atoms with Gasteiger partial charge in [0.05, 0.1) is 26.4 Å². The van der Waals surface area contributed by atoms with Crippen LogP contribution in [-0.2, 0) is 16.1 Å². The predicted octanol–water partition coefficient (Wildman–Crippen LogP) is 4.04. The molecule has 0 radical (unpaired) electrons. The Morgan fingerprint density at radius 2 is 1.84 bits per heavy atom. The maximum Gasteiger partial charge on any atom is 0.244 e. The van der Waals surface area contributed by atoms with E-state index in [4.69, 9.17) is 14.2 Å². The number of amides is 1. The lowest BCUT2D eigenvalue weighted by atomic mass is 10.1. The number of anilines is 1. The van der Waals surface area contributed by atoms with E-state index in [9.17, 15) is 4.79 Å². The van der Waals surface area contributed by atoms with Gasteiger partial charge in [0.25, 0.3) is 0 Å². The molecule has 1 aliphatic rings. The molecular formula is C25H32N2O4. The average molecular weight is 425 g/mol. The summed E-state index contributed by atoms with van der Waals surface area (Å²) in [5, 5.41) is 2.93. The van der Waals surface area contributed by atoms with Gasteiger partial charge in [-0.15, -0.1) is 0 Å². The molecule has 0 atom stereocenters. The van der Waals surface area contributed by atoms with E-state index in [2.05, 4.69) is 41.4 Å². The number of hydrogen-bond donors (Lipinski definition) is 1. The molecule has 0 spiro atoms. The van der Waals surface area contributed by atoms with E-state index in [-0.39, 0.29) is 5.91 Å². The number of benzene rings is 2.